The first kappa shape index (κ1) is 18.4. The minimum absolute atomic E-state index is 0.0785. The molecule has 2 aliphatic heterocycles. The number of likely N-dealkylation sites (tertiary alicyclic amines) is 1. The maximum absolute atomic E-state index is 12.4. The smallest absolute Gasteiger partial charge is 0.319 e. The molecule has 26 heavy (non-hydrogen) atoms. The van der Waals surface area contributed by atoms with Gasteiger partial charge < -0.3 is 25.0 Å². The molecule has 0 radical (unpaired) electrons. The number of nitrogens with one attached hydrogen (secondary N) is 2. The molecule has 2 heterocycles. The molecule has 2 aliphatic rings. The van der Waals surface area contributed by atoms with Gasteiger partial charge in [-0.25, -0.2) is 4.79 Å². The minimum atomic E-state index is -0.242. The molecule has 2 N–H and O–H groups in total. The molecule has 1 saturated heterocycles. The number of hydrogen-bond acceptors (Lipinski definition) is 4. The van der Waals surface area contributed by atoms with E-state index in [0.717, 1.165) is 25.7 Å². The highest BCUT2D eigenvalue weighted by atomic mass is 16.7. The third kappa shape index (κ3) is 4.20. The van der Waals surface area contributed by atoms with E-state index in [1.54, 1.807) is 18.2 Å². The summed E-state index contributed by atoms with van der Waals surface area (Å²) in [5, 5.41) is 5.81. The van der Waals surface area contributed by atoms with Gasteiger partial charge in [0.05, 0.1) is 0 Å². The van der Waals surface area contributed by atoms with Gasteiger partial charge in [0.2, 0.25) is 12.7 Å². The van der Waals surface area contributed by atoms with E-state index in [2.05, 4.69) is 24.5 Å². The van der Waals surface area contributed by atoms with Crippen LogP contribution in [0, 0.1) is 5.92 Å². The van der Waals surface area contributed by atoms with Crippen molar-refractivity contribution in [2.24, 2.45) is 5.92 Å². The summed E-state index contributed by atoms with van der Waals surface area (Å²) in [4.78, 5) is 26.6. The summed E-state index contributed by atoms with van der Waals surface area (Å²) in [5.74, 6) is 1.69. The van der Waals surface area contributed by atoms with E-state index in [0.29, 0.717) is 30.3 Å². The lowest BCUT2D eigenvalue weighted by atomic mass is 9.98. The van der Waals surface area contributed by atoms with Gasteiger partial charge in [-0.05, 0) is 37.8 Å². The Bertz CT molecular complexity index is 652. The highest BCUT2D eigenvalue weighted by molar-refractivity contribution is 5.90. The molecule has 1 fully saturated rings. The number of hydrogen-bond donors (Lipinski definition) is 2. The van der Waals surface area contributed by atoms with E-state index in [-0.39, 0.29) is 30.7 Å². The van der Waals surface area contributed by atoms with Gasteiger partial charge in [0.1, 0.15) is 0 Å². The SMILES string of the molecule is CCC(CC)C(=O)N1CCC(NC(=O)Nc2ccc3c(c2)OCO3)CC1. The predicted octanol–water partition coefficient (Wildman–Crippen LogP) is 2.96. The lowest BCUT2D eigenvalue weighted by molar-refractivity contribution is -0.136. The zero-order chi connectivity index (χ0) is 18.5. The van der Waals surface area contributed by atoms with Gasteiger partial charge in [-0.15, -0.1) is 0 Å². The Hall–Kier alpha value is -2.44. The summed E-state index contributed by atoms with van der Waals surface area (Å²) in [5.41, 5.74) is 0.660. The second kappa shape index (κ2) is 8.29. The molecule has 1 aromatic carbocycles. The zero-order valence-electron chi connectivity index (χ0n) is 15.4. The monoisotopic (exact) mass is 361 g/mol. The first-order valence-corrected chi connectivity index (χ1v) is 9.36. The van der Waals surface area contributed by atoms with Crippen LogP contribution < -0.4 is 20.1 Å². The Morgan fingerprint density at radius 3 is 2.54 bits per heavy atom. The summed E-state index contributed by atoms with van der Waals surface area (Å²) in [6.07, 6.45) is 3.32. The molecule has 0 spiro atoms. The van der Waals surface area contributed by atoms with Gasteiger partial charge in [0.25, 0.3) is 0 Å². The van der Waals surface area contributed by atoms with Crippen LogP contribution in [0.25, 0.3) is 0 Å². The van der Waals surface area contributed by atoms with Crippen LogP contribution in [-0.2, 0) is 4.79 Å². The quantitative estimate of drug-likeness (QED) is 0.845. The second-order valence-corrected chi connectivity index (χ2v) is 6.78. The first-order valence-electron chi connectivity index (χ1n) is 9.36. The molecular formula is C19H27N3O4. The van der Waals surface area contributed by atoms with E-state index >= 15 is 0 Å². The van der Waals surface area contributed by atoms with Crippen LogP contribution in [0.1, 0.15) is 39.5 Å². The molecule has 0 atom stereocenters. The Balaban J connectivity index is 1.45. The molecule has 0 unspecified atom stereocenters. The molecule has 7 heteroatoms. The topological polar surface area (TPSA) is 79.9 Å². The fourth-order valence-corrected chi connectivity index (χ4v) is 3.47. The van der Waals surface area contributed by atoms with Crippen molar-refractivity contribution in [1.29, 1.82) is 0 Å². The van der Waals surface area contributed by atoms with Crippen LogP contribution in [-0.4, -0.2) is 42.8 Å². The van der Waals surface area contributed by atoms with Crippen molar-refractivity contribution in [2.45, 2.75) is 45.6 Å². The number of benzene rings is 1. The van der Waals surface area contributed by atoms with Crippen molar-refractivity contribution in [2.75, 3.05) is 25.2 Å². The van der Waals surface area contributed by atoms with E-state index in [1.807, 2.05) is 4.90 Å². The number of nitrogens with zero attached hydrogens (tertiary/aromatic N) is 1. The fourth-order valence-electron chi connectivity index (χ4n) is 3.47. The number of piperidine rings is 1. The van der Waals surface area contributed by atoms with Crippen molar-refractivity contribution >= 4 is 17.6 Å². The van der Waals surface area contributed by atoms with Crippen LogP contribution >= 0.6 is 0 Å². The standard InChI is InChI=1S/C19H27N3O4/c1-3-13(4-2)18(23)22-9-7-14(8-10-22)20-19(24)21-15-5-6-16-17(11-15)26-12-25-16/h5-6,11,13-14H,3-4,7-10,12H2,1-2H3,(H2,20,21,24). The Kier molecular flexibility index (Phi) is 5.85. The van der Waals surface area contributed by atoms with Crippen LogP contribution in [0.3, 0.4) is 0 Å². The van der Waals surface area contributed by atoms with Gasteiger partial charge in [-0.1, -0.05) is 13.8 Å². The number of carbonyl (C=O) groups is 2. The lowest BCUT2D eigenvalue weighted by Crippen LogP contribution is -2.48. The number of fused-ring (bicyclic) bond motifs is 1. The fraction of sp³-hybridized carbons (Fsp3) is 0.579. The minimum Gasteiger partial charge on any atom is -0.454 e. The molecule has 3 amide bonds. The Morgan fingerprint density at radius 1 is 1.15 bits per heavy atom. The van der Waals surface area contributed by atoms with E-state index < -0.39 is 0 Å². The second-order valence-electron chi connectivity index (χ2n) is 6.78. The molecule has 1 aromatic rings. The van der Waals surface area contributed by atoms with Crippen LogP contribution in [0.15, 0.2) is 18.2 Å². The molecule has 0 aromatic heterocycles. The van der Waals surface area contributed by atoms with E-state index in [4.69, 9.17) is 9.47 Å². The van der Waals surface area contributed by atoms with Gasteiger partial charge >= 0.3 is 6.03 Å². The predicted molar refractivity (Wildman–Crippen MR) is 98.4 cm³/mol. The van der Waals surface area contributed by atoms with Crippen molar-refractivity contribution in [1.82, 2.24) is 10.2 Å². The van der Waals surface area contributed by atoms with Crippen LogP contribution in [0.5, 0.6) is 11.5 Å². The molecule has 7 nitrogen and oxygen atoms in total. The van der Waals surface area contributed by atoms with E-state index in [9.17, 15) is 9.59 Å². The lowest BCUT2D eigenvalue weighted by Gasteiger charge is -2.34. The number of anilines is 1. The van der Waals surface area contributed by atoms with Crippen molar-refractivity contribution in [3.8, 4) is 11.5 Å². The molecular weight excluding hydrogens is 334 g/mol. The average Bonchev–Trinajstić information content (AvgIpc) is 3.11. The third-order valence-electron chi connectivity index (χ3n) is 5.11. The normalized spacial score (nSPS) is 16.7. The van der Waals surface area contributed by atoms with Gasteiger partial charge in [0.15, 0.2) is 11.5 Å². The number of urea groups is 1. The average molecular weight is 361 g/mol. The summed E-state index contributed by atoms with van der Waals surface area (Å²) in [7, 11) is 0. The van der Waals surface area contributed by atoms with Crippen molar-refractivity contribution < 1.29 is 19.1 Å². The first-order chi connectivity index (χ1) is 12.6. The number of carbonyl (C=O) groups excluding carboxylic acids is 2. The summed E-state index contributed by atoms with van der Waals surface area (Å²) in [6.45, 7) is 5.72. The molecule has 0 bridgehead atoms. The maximum atomic E-state index is 12.4. The number of amides is 3. The largest absolute Gasteiger partial charge is 0.454 e. The van der Waals surface area contributed by atoms with Gasteiger partial charge in [0, 0.05) is 36.8 Å². The summed E-state index contributed by atoms with van der Waals surface area (Å²) in [6, 6.07) is 5.14. The summed E-state index contributed by atoms with van der Waals surface area (Å²) >= 11 is 0. The zero-order valence-corrected chi connectivity index (χ0v) is 15.4. The van der Waals surface area contributed by atoms with Crippen molar-refractivity contribution in [3.63, 3.8) is 0 Å². The van der Waals surface area contributed by atoms with E-state index in [1.165, 1.54) is 0 Å². The number of ether oxygens (including phenoxy) is 2. The highest BCUT2D eigenvalue weighted by Crippen LogP contribution is 2.34. The highest BCUT2D eigenvalue weighted by Gasteiger charge is 2.27. The maximum Gasteiger partial charge on any atom is 0.319 e. The Labute approximate surface area is 154 Å². The van der Waals surface area contributed by atoms with Crippen LogP contribution in [0.4, 0.5) is 10.5 Å². The van der Waals surface area contributed by atoms with Crippen molar-refractivity contribution in [3.05, 3.63) is 18.2 Å². The van der Waals surface area contributed by atoms with Gasteiger partial charge in [-0.2, -0.15) is 0 Å². The molecule has 142 valence electrons. The number of rotatable bonds is 5. The van der Waals surface area contributed by atoms with Crippen LogP contribution in [0.2, 0.25) is 0 Å². The summed E-state index contributed by atoms with van der Waals surface area (Å²) < 4.78 is 10.6. The molecule has 3 rings (SSSR count). The molecule has 0 aliphatic carbocycles. The Morgan fingerprint density at radius 2 is 1.85 bits per heavy atom. The molecule has 0 saturated carbocycles. The third-order valence-corrected chi connectivity index (χ3v) is 5.11. The van der Waals surface area contributed by atoms with Gasteiger partial charge in [-0.3, -0.25) is 4.79 Å².